The SMILES string of the molecule is Cc1cc(C)n([C@@H]2CCCN(C(=O)c3cc(C)c4ccccc4n3)C2)n1. The minimum absolute atomic E-state index is 0.0186. The first-order chi connectivity index (χ1) is 12.5. The molecule has 0 unspecified atom stereocenters. The summed E-state index contributed by atoms with van der Waals surface area (Å²) in [4.78, 5) is 19.6. The van der Waals surface area contributed by atoms with Crippen molar-refractivity contribution in [1.82, 2.24) is 19.7 Å². The fraction of sp³-hybridized carbons (Fsp3) is 0.381. The summed E-state index contributed by atoms with van der Waals surface area (Å²) < 4.78 is 2.08. The summed E-state index contributed by atoms with van der Waals surface area (Å²) in [6.07, 6.45) is 2.04. The van der Waals surface area contributed by atoms with E-state index >= 15 is 0 Å². The number of fused-ring (bicyclic) bond motifs is 1. The lowest BCUT2D eigenvalue weighted by atomic mass is 10.0. The number of aryl methyl sites for hydroxylation is 3. The molecule has 0 saturated carbocycles. The summed E-state index contributed by atoms with van der Waals surface area (Å²) in [5, 5.41) is 5.72. The van der Waals surface area contributed by atoms with Crippen LogP contribution in [0.4, 0.5) is 0 Å². The van der Waals surface area contributed by atoms with Crippen molar-refractivity contribution >= 4 is 16.8 Å². The zero-order valence-electron chi connectivity index (χ0n) is 15.6. The first-order valence-corrected chi connectivity index (χ1v) is 9.21. The number of rotatable bonds is 2. The summed E-state index contributed by atoms with van der Waals surface area (Å²) in [6, 6.07) is 12.2. The molecule has 3 heterocycles. The van der Waals surface area contributed by atoms with E-state index in [1.54, 1.807) is 0 Å². The van der Waals surface area contributed by atoms with E-state index < -0.39 is 0 Å². The third kappa shape index (κ3) is 2.98. The zero-order chi connectivity index (χ0) is 18.3. The van der Waals surface area contributed by atoms with Crippen LogP contribution in [0.1, 0.15) is 46.3 Å². The van der Waals surface area contributed by atoms with Crippen LogP contribution in [0.2, 0.25) is 0 Å². The van der Waals surface area contributed by atoms with E-state index in [9.17, 15) is 4.79 Å². The van der Waals surface area contributed by atoms with Crippen molar-refractivity contribution in [2.24, 2.45) is 0 Å². The number of carbonyl (C=O) groups excluding carboxylic acids is 1. The van der Waals surface area contributed by atoms with E-state index in [4.69, 9.17) is 0 Å². The molecule has 0 spiro atoms. The second kappa shape index (κ2) is 6.56. The van der Waals surface area contributed by atoms with E-state index in [1.807, 2.05) is 49.1 Å². The maximum Gasteiger partial charge on any atom is 0.272 e. The molecule has 1 atom stereocenters. The van der Waals surface area contributed by atoms with Gasteiger partial charge < -0.3 is 4.90 Å². The number of piperidine rings is 1. The van der Waals surface area contributed by atoms with E-state index in [2.05, 4.69) is 27.8 Å². The number of hydrogen-bond donors (Lipinski definition) is 0. The first-order valence-electron chi connectivity index (χ1n) is 9.21. The molecule has 1 aliphatic heterocycles. The second-order valence-corrected chi connectivity index (χ2v) is 7.26. The molecule has 5 heteroatoms. The number of hydrogen-bond acceptors (Lipinski definition) is 3. The van der Waals surface area contributed by atoms with E-state index in [0.717, 1.165) is 47.2 Å². The Morgan fingerprint density at radius 1 is 1.15 bits per heavy atom. The van der Waals surface area contributed by atoms with Gasteiger partial charge in [-0.15, -0.1) is 0 Å². The molecule has 26 heavy (non-hydrogen) atoms. The van der Waals surface area contributed by atoms with Gasteiger partial charge in [0.1, 0.15) is 5.69 Å². The standard InChI is InChI=1S/C21H24N4O/c1-14-11-20(22-19-9-5-4-8-18(14)19)21(26)24-10-6-7-17(13-24)25-16(3)12-15(2)23-25/h4-5,8-9,11-12,17H,6-7,10,13H2,1-3H3/t17-/m1/s1. The molecule has 1 saturated heterocycles. The quantitative estimate of drug-likeness (QED) is 0.707. The number of pyridine rings is 1. The Balaban J connectivity index is 1.61. The Morgan fingerprint density at radius 3 is 2.73 bits per heavy atom. The molecule has 5 nitrogen and oxygen atoms in total. The number of likely N-dealkylation sites (tertiary alicyclic amines) is 1. The molecule has 134 valence electrons. The molecular weight excluding hydrogens is 324 g/mol. The van der Waals surface area contributed by atoms with Gasteiger partial charge >= 0.3 is 0 Å². The van der Waals surface area contributed by atoms with Gasteiger partial charge in [-0.3, -0.25) is 9.48 Å². The monoisotopic (exact) mass is 348 g/mol. The lowest BCUT2D eigenvalue weighted by Gasteiger charge is -2.33. The van der Waals surface area contributed by atoms with Crippen LogP contribution in [0.5, 0.6) is 0 Å². The molecule has 1 aromatic carbocycles. The van der Waals surface area contributed by atoms with E-state index in [0.29, 0.717) is 12.2 Å². The largest absolute Gasteiger partial charge is 0.335 e. The number of aromatic nitrogens is 3. The summed E-state index contributed by atoms with van der Waals surface area (Å²) in [7, 11) is 0. The Hall–Kier alpha value is -2.69. The molecule has 1 amide bonds. The topological polar surface area (TPSA) is 51.0 Å². The van der Waals surface area contributed by atoms with Crippen LogP contribution in [0.15, 0.2) is 36.4 Å². The molecule has 4 rings (SSSR count). The van der Waals surface area contributed by atoms with Crippen molar-refractivity contribution < 1.29 is 4.79 Å². The Morgan fingerprint density at radius 2 is 1.96 bits per heavy atom. The highest BCUT2D eigenvalue weighted by Gasteiger charge is 2.27. The fourth-order valence-corrected chi connectivity index (χ4v) is 3.98. The fourth-order valence-electron chi connectivity index (χ4n) is 3.98. The molecule has 0 radical (unpaired) electrons. The highest BCUT2D eigenvalue weighted by atomic mass is 16.2. The molecule has 0 aliphatic carbocycles. The van der Waals surface area contributed by atoms with Crippen LogP contribution in [-0.4, -0.2) is 38.7 Å². The van der Waals surface area contributed by atoms with Crippen molar-refractivity contribution in [2.75, 3.05) is 13.1 Å². The van der Waals surface area contributed by atoms with Gasteiger partial charge in [-0.05, 0) is 57.4 Å². The lowest BCUT2D eigenvalue weighted by molar-refractivity contribution is 0.0666. The van der Waals surface area contributed by atoms with Gasteiger partial charge in [-0.25, -0.2) is 4.98 Å². The molecule has 1 fully saturated rings. The Bertz CT molecular complexity index is 975. The average molecular weight is 348 g/mol. The number of nitrogens with zero attached hydrogens (tertiary/aromatic N) is 4. The smallest absolute Gasteiger partial charge is 0.272 e. The highest BCUT2D eigenvalue weighted by Crippen LogP contribution is 2.25. The zero-order valence-corrected chi connectivity index (χ0v) is 15.6. The molecular formula is C21H24N4O. The predicted molar refractivity (Wildman–Crippen MR) is 102 cm³/mol. The number of para-hydroxylation sites is 1. The molecule has 2 aromatic heterocycles. The van der Waals surface area contributed by atoms with E-state index in [1.165, 1.54) is 0 Å². The van der Waals surface area contributed by atoms with Crippen molar-refractivity contribution in [3.05, 3.63) is 59.0 Å². The summed E-state index contributed by atoms with van der Waals surface area (Å²) in [5.41, 5.74) is 4.68. The molecule has 0 bridgehead atoms. The normalized spacial score (nSPS) is 17.7. The Labute approximate surface area is 153 Å². The van der Waals surface area contributed by atoms with Gasteiger partial charge in [0.05, 0.1) is 17.3 Å². The number of benzene rings is 1. The van der Waals surface area contributed by atoms with Gasteiger partial charge in [-0.1, -0.05) is 18.2 Å². The summed E-state index contributed by atoms with van der Waals surface area (Å²) in [6.45, 7) is 7.60. The van der Waals surface area contributed by atoms with Crippen LogP contribution in [0.25, 0.3) is 10.9 Å². The van der Waals surface area contributed by atoms with Gasteiger partial charge in [0.25, 0.3) is 5.91 Å². The third-order valence-corrected chi connectivity index (χ3v) is 5.22. The maximum atomic E-state index is 13.1. The minimum Gasteiger partial charge on any atom is -0.335 e. The van der Waals surface area contributed by atoms with Crippen LogP contribution in [0, 0.1) is 20.8 Å². The maximum absolute atomic E-state index is 13.1. The van der Waals surface area contributed by atoms with Crippen molar-refractivity contribution in [3.63, 3.8) is 0 Å². The molecule has 0 N–H and O–H groups in total. The lowest BCUT2D eigenvalue weighted by Crippen LogP contribution is -2.41. The Kier molecular flexibility index (Phi) is 4.23. The van der Waals surface area contributed by atoms with Crippen LogP contribution in [-0.2, 0) is 0 Å². The van der Waals surface area contributed by atoms with Gasteiger partial charge in [0.15, 0.2) is 0 Å². The second-order valence-electron chi connectivity index (χ2n) is 7.26. The third-order valence-electron chi connectivity index (χ3n) is 5.22. The highest BCUT2D eigenvalue weighted by molar-refractivity contribution is 5.96. The summed E-state index contributed by atoms with van der Waals surface area (Å²) in [5.74, 6) is 0.0186. The van der Waals surface area contributed by atoms with Crippen LogP contribution < -0.4 is 0 Å². The predicted octanol–water partition coefficient (Wildman–Crippen LogP) is 3.83. The number of carbonyl (C=O) groups is 1. The van der Waals surface area contributed by atoms with Gasteiger partial charge in [-0.2, -0.15) is 5.10 Å². The molecule has 3 aromatic rings. The van der Waals surface area contributed by atoms with E-state index in [-0.39, 0.29) is 11.9 Å². The minimum atomic E-state index is 0.0186. The van der Waals surface area contributed by atoms with Crippen molar-refractivity contribution in [2.45, 2.75) is 39.7 Å². The first kappa shape index (κ1) is 16.8. The van der Waals surface area contributed by atoms with Crippen LogP contribution >= 0.6 is 0 Å². The van der Waals surface area contributed by atoms with Crippen molar-refractivity contribution in [1.29, 1.82) is 0 Å². The van der Waals surface area contributed by atoms with Crippen molar-refractivity contribution in [3.8, 4) is 0 Å². The van der Waals surface area contributed by atoms with Gasteiger partial charge in [0, 0.05) is 24.2 Å². The molecule has 1 aliphatic rings. The van der Waals surface area contributed by atoms with Crippen LogP contribution in [0.3, 0.4) is 0 Å². The van der Waals surface area contributed by atoms with Gasteiger partial charge in [0.2, 0.25) is 0 Å². The number of amides is 1. The summed E-state index contributed by atoms with van der Waals surface area (Å²) >= 11 is 0. The average Bonchev–Trinajstić information content (AvgIpc) is 2.99.